The van der Waals surface area contributed by atoms with Crippen molar-refractivity contribution in [3.63, 3.8) is 0 Å². The summed E-state index contributed by atoms with van der Waals surface area (Å²) in [6, 6.07) is 33.9. The second-order valence-corrected chi connectivity index (χ2v) is 7.27. The van der Waals surface area contributed by atoms with Crippen LogP contribution in [-0.4, -0.2) is 10.9 Å². The molecule has 1 N–H and O–H groups in total. The summed E-state index contributed by atoms with van der Waals surface area (Å²) in [6.45, 7) is 4.13. The largest absolute Gasteiger partial charge is 0.457 e. The summed E-state index contributed by atoms with van der Waals surface area (Å²) in [7, 11) is 0. The summed E-state index contributed by atoms with van der Waals surface area (Å²) in [5.41, 5.74) is 3.63. The van der Waals surface area contributed by atoms with Crippen LogP contribution in [-0.2, 0) is 0 Å². The molecular weight excluding hydrogens is 384 g/mol. The molecule has 0 aliphatic rings. The lowest BCUT2D eigenvalue weighted by Gasteiger charge is -2.09. The fourth-order valence-corrected chi connectivity index (χ4v) is 2.90. The van der Waals surface area contributed by atoms with Gasteiger partial charge in [0.05, 0.1) is 0 Å². The third-order valence-electron chi connectivity index (χ3n) is 4.70. The molecule has 0 radical (unpaired) electrons. The Morgan fingerprint density at radius 3 is 1.52 bits per heavy atom. The van der Waals surface area contributed by atoms with Crippen molar-refractivity contribution in [1.82, 2.24) is 0 Å². The summed E-state index contributed by atoms with van der Waals surface area (Å²) in [5, 5.41) is 9.89. The Labute approximate surface area is 183 Å². The molecule has 31 heavy (non-hydrogen) atoms. The number of ketones is 1. The molecule has 0 amide bonds. The number of ether oxygens (including phenoxy) is 1. The summed E-state index contributed by atoms with van der Waals surface area (Å²) in [6.07, 6.45) is -1.08. The summed E-state index contributed by atoms with van der Waals surface area (Å²) < 4.78 is 5.69. The highest BCUT2D eigenvalue weighted by Crippen LogP contribution is 2.21. The van der Waals surface area contributed by atoms with Gasteiger partial charge in [0.25, 0.3) is 0 Å². The van der Waals surface area contributed by atoms with Crippen LogP contribution < -0.4 is 4.74 Å². The maximum Gasteiger partial charge on any atom is 0.195 e. The molecule has 4 aromatic rings. The number of hydrogen-bond donors (Lipinski definition) is 1. The van der Waals surface area contributed by atoms with E-state index in [1.165, 1.54) is 11.1 Å². The normalized spacial score (nSPS) is 11.1. The van der Waals surface area contributed by atoms with Crippen molar-refractivity contribution in [3.05, 3.63) is 131 Å². The van der Waals surface area contributed by atoms with E-state index in [1.807, 2.05) is 60.7 Å². The Bertz CT molecular complexity index is 1030. The predicted octanol–water partition coefficient (Wildman–Crippen LogP) is 6.70. The van der Waals surface area contributed by atoms with Gasteiger partial charge in [-0.15, -0.1) is 0 Å². The zero-order valence-electron chi connectivity index (χ0n) is 17.7. The fourth-order valence-electron chi connectivity index (χ4n) is 2.90. The minimum atomic E-state index is -1.08. The maximum atomic E-state index is 11.9. The van der Waals surface area contributed by atoms with E-state index in [9.17, 15) is 9.90 Å². The molecule has 4 rings (SSSR count). The van der Waals surface area contributed by atoms with Crippen LogP contribution >= 0.6 is 0 Å². The zero-order chi connectivity index (χ0) is 22.1. The molecule has 0 saturated heterocycles. The predicted molar refractivity (Wildman–Crippen MR) is 125 cm³/mol. The molecule has 0 aromatic heterocycles. The van der Waals surface area contributed by atoms with Gasteiger partial charge in [0.1, 0.15) is 17.6 Å². The first kappa shape index (κ1) is 22.0. The summed E-state index contributed by atoms with van der Waals surface area (Å²) in [5.74, 6) is 1.49. The number of benzene rings is 4. The van der Waals surface area contributed by atoms with Crippen LogP contribution in [0.15, 0.2) is 109 Å². The van der Waals surface area contributed by atoms with Gasteiger partial charge in [-0.2, -0.15) is 0 Å². The van der Waals surface area contributed by atoms with E-state index in [0.717, 1.165) is 11.5 Å². The lowest BCUT2D eigenvalue weighted by molar-refractivity contribution is 0.0747. The van der Waals surface area contributed by atoms with Gasteiger partial charge >= 0.3 is 0 Å². The number of aryl methyl sites for hydroxylation is 2. The van der Waals surface area contributed by atoms with Gasteiger partial charge < -0.3 is 9.84 Å². The molecule has 3 heteroatoms. The molecule has 156 valence electrons. The van der Waals surface area contributed by atoms with Crippen molar-refractivity contribution >= 4 is 5.78 Å². The quantitative estimate of drug-likeness (QED) is 0.372. The topological polar surface area (TPSA) is 46.5 Å². The van der Waals surface area contributed by atoms with Crippen LogP contribution in [0.4, 0.5) is 0 Å². The van der Waals surface area contributed by atoms with Gasteiger partial charge in [0.2, 0.25) is 0 Å². The van der Waals surface area contributed by atoms with Crippen LogP contribution in [0, 0.1) is 13.8 Å². The van der Waals surface area contributed by atoms with Gasteiger partial charge in [-0.3, -0.25) is 4.79 Å². The minimum Gasteiger partial charge on any atom is -0.457 e. The number of hydrogen-bond acceptors (Lipinski definition) is 3. The van der Waals surface area contributed by atoms with E-state index >= 15 is 0 Å². The van der Waals surface area contributed by atoms with Crippen LogP contribution in [0.3, 0.4) is 0 Å². The van der Waals surface area contributed by atoms with Crippen molar-refractivity contribution in [2.24, 2.45) is 0 Å². The molecule has 4 aromatic carbocycles. The Morgan fingerprint density at radius 1 is 0.645 bits per heavy atom. The first-order chi connectivity index (χ1) is 15.0. The Morgan fingerprint density at radius 2 is 1.06 bits per heavy atom. The number of carbonyl (C=O) groups excluding carboxylic acids is 1. The standard InChI is InChI=1S/C14H12O2.C14H14O/c15-13(11-7-3-1-4-8-11)14(16)12-9-5-2-6-10-12;1-11-3-7-13(8-4-11)15-14-9-5-12(2)6-10-14/h1-10,13,15H;3-10H,1-2H3. The highest BCUT2D eigenvalue weighted by Gasteiger charge is 2.18. The third kappa shape index (κ3) is 6.66. The van der Waals surface area contributed by atoms with Gasteiger partial charge in [-0.1, -0.05) is 96.1 Å². The highest BCUT2D eigenvalue weighted by molar-refractivity contribution is 5.99. The van der Waals surface area contributed by atoms with Crippen molar-refractivity contribution in [1.29, 1.82) is 0 Å². The van der Waals surface area contributed by atoms with Crippen LogP contribution in [0.1, 0.15) is 33.2 Å². The van der Waals surface area contributed by atoms with E-state index < -0.39 is 6.10 Å². The molecule has 0 heterocycles. The number of carbonyl (C=O) groups is 1. The number of aliphatic hydroxyl groups is 1. The second kappa shape index (κ2) is 10.9. The van der Waals surface area contributed by atoms with Crippen LogP contribution in [0.5, 0.6) is 11.5 Å². The Hall–Kier alpha value is -3.69. The summed E-state index contributed by atoms with van der Waals surface area (Å²) in [4.78, 5) is 11.9. The van der Waals surface area contributed by atoms with Crippen molar-refractivity contribution < 1.29 is 14.6 Å². The SMILES string of the molecule is Cc1ccc(Oc2ccc(C)cc2)cc1.O=C(c1ccccc1)C(O)c1ccccc1. The zero-order valence-corrected chi connectivity index (χ0v) is 17.7. The maximum absolute atomic E-state index is 11.9. The lowest BCUT2D eigenvalue weighted by atomic mass is 10.0. The van der Waals surface area contributed by atoms with E-state index in [-0.39, 0.29) is 5.78 Å². The Balaban J connectivity index is 0.000000176. The average molecular weight is 411 g/mol. The molecule has 0 bridgehead atoms. The minimum absolute atomic E-state index is 0.271. The molecule has 1 unspecified atom stereocenters. The number of Topliss-reactive ketones (excluding diaryl/α,β-unsaturated/α-hetero) is 1. The third-order valence-corrected chi connectivity index (χ3v) is 4.70. The van der Waals surface area contributed by atoms with Crippen molar-refractivity contribution in [3.8, 4) is 11.5 Å². The number of rotatable bonds is 5. The van der Waals surface area contributed by atoms with Gasteiger partial charge in [0.15, 0.2) is 5.78 Å². The van der Waals surface area contributed by atoms with Crippen LogP contribution in [0.25, 0.3) is 0 Å². The number of aliphatic hydroxyl groups excluding tert-OH is 1. The molecule has 1 atom stereocenters. The van der Waals surface area contributed by atoms with Crippen molar-refractivity contribution in [2.45, 2.75) is 20.0 Å². The van der Waals surface area contributed by atoms with E-state index in [4.69, 9.17) is 4.74 Å². The Kier molecular flexibility index (Phi) is 7.74. The van der Waals surface area contributed by atoms with Crippen LogP contribution in [0.2, 0.25) is 0 Å². The molecule has 0 aliphatic heterocycles. The first-order valence-electron chi connectivity index (χ1n) is 10.2. The molecule has 0 fully saturated rings. The highest BCUT2D eigenvalue weighted by atomic mass is 16.5. The smallest absolute Gasteiger partial charge is 0.195 e. The average Bonchev–Trinajstić information content (AvgIpc) is 2.82. The monoisotopic (exact) mass is 410 g/mol. The van der Waals surface area contributed by atoms with E-state index in [1.54, 1.807) is 48.5 Å². The lowest BCUT2D eigenvalue weighted by Crippen LogP contribution is -2.11. The molecule has 0 spiro atoms. The summed E-state index contributed by atoms with van der Waals surface area (Å²) >= 11 is 0. The molecule has 0 aliphatic carbocycles. The van der Waals surface area contributed by atoms with Gasteiger partial charge in [-0.25, -0.2) is 0 Å². The van der Waals surface area contributed by atoms with Gasteiger partial charge in [-0.05, 0) is 43.7 Å². The van der Waals surface area contributed by atoms with E-state index in [2.05, 4.69) is 13.8 Å². The molecule has 0 saturated carbocycles. The molecular formula is C28H26O3. The van der Waals surface area contributed by atoms with Crippen molar-refractivity contribution in [2.75, 3.05) is 0 Å². The first-order valence-corrected chi connectivity index (χ1v) is 10.2. The van der Waals surface area contributed by atoms with Gasteiger partial charge in [0, 0.05) is 5.56 Å². The second-order valence-electron chi connectivity index (χ2n) is 7.27. The molecule has 3 nitrogen and oxygen atoms in total. The fraction of sp³-hybridized carbons (Fsp3) is 0.107. The van der Waals surface area contributed by atoms with E-state index in [0.29, 0.717) is 11.1 Å².